The summed E-state index contributed by atoms with van der Waals surface area (Å²) in [5.74, 6) is 2.10. The Morgan fingerprint density at radius 2 is 2.06 bits per heavy atom. The average molecular weight is 329 g/mol. The minimum absolute atomic E-state index is 0.389. The van der Waals surface area contributed by atoms with Gasteiger partial charge in [-0.1, -0.05) is 22.9 Å². The van der Waals surface area contributed by atoms with Crippen LogP contribution >= 0.6 is 27.5 Å². The molecule has 0 aliphatic rings. The molecule has 0 amide bonds. The van der Waals surface area contributed by atoms with Crippen LogP contribution in [0.25, 0.3) is 11.4 Å². The molecule has 2 rings (SSSR count). The third kappa shape index (κ3) is 2.75. The van der Waals surface area contributed by atoms with Crippen LogP contribution in [-0.2, 0) is 12.4 Å². The molecule has 3 nitrogen and oxygen atoms in total. The molecular weight excluding hydrogens is 314 g/mol. The standard InChI is InChI=1S/C13H15BrClN3/c1-3-4-18-12(8-15)16-17-13(18)10-5-9(2)6-11(14)7-10/h5-7H,3-4,8H2,1-2H3. The van der Waals surface area contributed by atoms with Gasteiger partial charge in [0.15, 0.2) is 5.82 Å². The molecule has 96 valence electrons. The van der Waals surface area contributed by atoms with E-state index >= 15 is 0 Å². The van der Waals surface area contributed by atoms with Crippen LogP contribution in [-0.4, -0.2) is 14.8 Å². The lowest BCUT2D eigenvalue weighted by Crippen LogP contribution is -2.04. The van der Waals surface area contributed by atoms with Gasteiger partial charge in [0.25, 0.3) is 0 Å². The van der Waals surface area contributed by atoms with Gasteiger partial charge in [-0.15, -0.1) is 21.8 Å². The molecule has 0 unspecified atom stereocenters. The first kappa shape index (κ1) is 13.6. The van der Waals surface area contributed by atoms with Gasteiger partial charge in [-0.3, -0.25) is 0 Å². The van der Waals surface area contributed by atoms with Crippen LogP contribution in [0.2, 0.25) is 0 Å². The normalized spacial score (nSPS) is 10.9. The van der Waals surface area contributed by atoms with Crippen LogP contribution < -0.4 is 0 Å². The van der Waals surface area contributed by atoms with Gasteiger partial charge in [0.2, 0.25) is 0 Å². The van der Waals surface area contributed by atoms with Gasteiger partial charge in [-0.05, 0) is 37.1 Å². The Morgan fingerprint density at radius 1 is 1.28 bits per heavy atom. The maximum Gasteiger partial charge on any atom is 0.164 e. The number of rotatable bonds is 4. The largest absolute Gasteiger partial charge is 0.310 e. The van der Waals surface area contributed by atoms with Gasteiger partial charge >= 0.3 is 0 Å². The van der Waals surface area contributed by atoms with E-state index in [0.29, 0.717) is 5.88 Å². The van der Waals surface area contributed by atoms with Crippen LogP contribution in [0.1, 0.15) is 24.7 Å². The lowest BCUT2D eigenvalue weighted by atomic mass is 10.1. The summed E-state index contributed by atoms with van der Waals surface area (Å²) in [6, 6.07) is 6.24. The van der Waals surface area contributed by atoms with Crippen molar-refractivity contribution < 1.29 is 0 Å². The highest BCUT2D eigenvalue weighted by molar-refractivity contribution is 9.10. The molecule has 0 saturated carbocycles. The van der Waals surface area contributed by atoms with E-state index in [2.05, 4.69) is 62.7 Å². The van der Waals surface area contributed by atoms with Crippen molar-refractivity contribution in [2.75, 3.05) is 0 Å². The number of hydrogen-bond acceptors (Lipinski definition) is 2. The average Bonchev–Trinajstić information content (AvgIpc) is 2.71. The van der Waals surface area contributed by atoms with Crippen molar-refractivity contribution in [2.24, 2.45) is 0 Å². The summed E-state index contributed by atoms with van der Waals surface area (Å²) in [5.41, 5.74) is 2.26. The Hall–Kier alpha value is -0.870. The second-order valence-corrected chi connectivity index (χ2v) is 5.43. The topological polar surface area (TPSA) is 30.7 Å². The fourth-order valence-electron chi connectivity index (χ4n) is 1.97. The number of aromatic nitrogens is 3. The van der Waals surface area contributed by atoms with Crippen molar-refractivity contribution in [3.05, 3.63) is 34.1 Å². The molecule has 1 heterocycles. The maximum absolute atomic E-state index is 5.90. The zero-order valence-corrected chi connectivity index (χ0v) is 12.8. The molecule has 5 heteroatoms. The summed E-state index contributed by atoms with van der Waals surface area (Å²) in [4.78, 5) is 0. The molecule has 0 fully saturated rings. The lowest BCUT2D eigenvalue weighted by molar-refractivity contribution is 0.659. The third-order valence-electron chi connectivity index (χ3n) is 2.69. The number of nitrogens with zero attached hydrogens (tertiary/aromatic N) is 3. The highest BCUT2D eigenvalue weighted by Gasteiger charge is 2.13. The van der Waals surface area contributed by atoms with E-state index in [9.17, 15) is 0 Å². The third-order valence-corrected chi connectivity index (χ3v) is 3.39. The second-order valence-electron chi connectivity index (χ2n) is 4.24. The van der Waals surface area contributed by atoms with Crippen molar-refractivity contribution in [3.8, 4) is 11.4 Å². The summed E-state index contributed by atoms with van der Waals surface area (Å²) in [7, 11) is 0. The Bertz CT molecular complexity index is 531. The van der Waals surface area contributed by atoms with E-state index in [-0.39, 0.29) is 0 Å². The molecule has 18 heavy (non-hydrogen) atoms. The van der Waals surface area contributed by atoms with Crippen LogP contribution in [0.4, 0.5) is 0 Å². The first-order chi connectivity index (χ1) is 8.65. The van der Waals surface area contributed by atoms with Gasteiger partial charge in [0, 0.05) is 16.6 Å². The van der Waals surface area contributed by atoms with Gasteiger partial charge in [0.05, 0.1) is 5.88 Å². The van der Waals surface area contributed by atoms with Crippen molar-refractivity contribution >= 4 is 27.5 Å². The van der Waals surface area contributed by atoms with Gasteiger partial charge in [0.1, 0.15) is 5.82 Å². The molecule has 0 spiro atoms. The summed E-state index contributed by atoms with van der Waals surface area (Å²) in [5, 5.41) is 8.42. The number of benzene rings is 1. The molecule has 0 aliphatic heterocycles. The summed E-state index contributed by atoms with van der Waals surface area (Å²) in [6.07, 6.45) is 1.03. The molecule has 1 aromatic heterocycles. The van der Waals surface area contributed by atoms with E-state index in [1.165, 1.54) is 5.56 Å². The number of hydrogen-bond donors (Lipinski definition) is 0. The van der Waals surface area contributed by atoms with Crippen LogP contribution in [0, 0.1) is 6.92 Å². The molecular formula is C13H15BrClN3. The fraction of sp³-hybridized carbons (Fsp3) is 0.385. The molecule has 0 bridgehead atoms. The molecule has 1 aromatic carbocycles. The fourth-order valence-corrected chi connectivity index (χ4v) is 2.78. The molecule has 2 aromatic rings. The minimum atomic E-state index is 0.389. The molecule has 0 saturated heterocycles. The van der Waals surface area contributed by atoms with E-state index in [4.69, 9.17) is 11.6 Å². The number of alkyl halides is 1. The summed E-state index contributed by atoms with van der Waals surface area (Å²) >= 11 is 9.41. The maximum atomic E-state index is 5.90. The van der Waals surface area contributed by atoms with Gasteiger partial charge in [-0.25, -0.2) is 0 Å². The Labute approximate surface area is 120 Å². The molecule has 0 aliphatic carbocycles. The number of halogens is 2. The Balaban J connectivity index is 2.52. The van der Waals surface area contributed by atoms with Crippen LogP contribution in [0.5, 0.6) is 0 Å². The smallest absolute Gasteiger partial charge is 0.164 e. The van der Waals surface area contributed by atoms with Crippen molar-refractivity contribution in [1.29, 1.82) is 0 Å². The van der Waals surface area contributed by atoms with E-state index in [1.807, 2.05) is 0 Å². The highest BCUT2D eigenvalue weighted by Crippen LogP contribution is 2.25. The predicted octanol–water partition coefficient (Wildman–Crippen LogP) is 4.16. The van der Waals surface area contributed by atoms with Crippen LogP contribution in [0.15, 0.2) is 22.7 Å². The van der Waals surface area contributed by atoms with Crippen molar-refractivity contribution in [2.45, 2.75) is 32.7 Å². The lowest BCUT2D eigenvalue weighted by Gasteiger charge is -2.08. The zero-order chi connectivity index (χ0) is 13.1. The summed E-state index contributed by atoms with van der Waals surface area (Å²) < 4.78 is 3.14. The van der Waals surface area contributed by atoms with Gasteiger partial charge in [-0.2, -0.15) is 0 Å². The van der Waals surface area contributed by atoms with E-state index in [1.54, 1.807) is 0 Å². The first-order valence-electron chi connectivity index (χ1n) is 5.91. The van der Waals surface area contributed by atoms with E-state index < -0.39 is 0 Å². The molecule has 0 N–H and O–H groups in total. The van der Waals surface area contributed by atoms with E-state index in [0.717, 1.165) is 34.7 Å². The molecule has 0 radical (unpaired) electrons. The molecule has 0 atom stereocenters. The van der Waals surface area contributed by atoms with Crippen molar-refractivity contribution in [3.63, 3.8) is 0 Å². The SMILES string of the molecule is CCCn1c(CCl)nnc1-c1cc(C)cc(Br)c1. The quantitative estimate of drug-likeness (QED) is 0.789. The highest BCUT2D eigenvalue weighted by atomic mass is 79.9. The number of aryl methyl sites for hydroxylation is 1. The minimum Gasteiger partial charge on any atom is -0.310 e. The Kier molecular flexibility index (Phi) is 4.40. The predicted molar refractivity (Wildman–Crippen MR) is 77.7 cm³/mol. The van der Waals surface area contributed by atoms with Gasteiger partial charge < -0.3 is 4.57 Å². The monoisotopic (exact) mass is 327 g/mol. The zero-order valence-electron chi connectivity index (χ0n) is 10.5. The summed E-state index contributed by atoms with van der Waals surface area (Å²) in [6.45, 7) is 5.08. The Morgan fingerprint density at radius 3 is 2.67 bits per heavy atom. The second kappa shape index (κ2) is 5.85. The van der Waals surface area contributed by atoms with Crippen molar-refractivity contribution in [1.82, 2.24) is 14.8 Å². The van der Waals surface area contributed by atoms with Crippen LogP contribution in [0.3, 0.4) is 0 Å². The first-order valence-corrected chi connectivity index (χ1v) is 7.24.